The first-order valence-electron chi connectivity index (χ1n) is 10.9. The van der Waals surface area contributed by atoms with Gasteiger partial charge in [-0.05, 0) is 57.1 Å². The summed E-state index contributed by atoms with van der Waals surface area (Å²) in [5.74, 6) is 1.70. The molecule has 0 bridgehead atoms. The quantitative estimate of drug-likeness (QED) is 0.396. The van der Waals surface area contributed by atoms with Gasteiger partial charge in [0.2, 0.25) is 23.4 Å². The van der Waals surface area contributed by atoms with E-state index in [1.165, 1.54) is 12.1 Å². The molecule has 4 heterocycles. The lowest BCUT2D eigenvalue weighted by atomic mass is 9.96. The van der Waals surface area contributed by atoms with E-state index < -0.39 is 11.7 Å². The molecular formula is C23H21F3N6O2. The molecule has 1 unspecified atom stereocenters. The topological polar surface area (TPSA) is 94.0 Å². The van der Waals surface area contributed by atoms with Crippen molar-refractivity contribution >= 4 is 0 Å². The summed E-state index contributed by atoms with van der Waals surface area (Å²) >= 11 is 0. The van der Waals surface area contributed by atoms with Gasteiger partial charge in [-0.25, -0.2) is 0 Å². The highest BCUT2D eigenvalue weighted by Crippen LogP contribution is 2.34. The van der Waals surface area contributed by atoms with E-state index in [1.807, 2.05) is 25.1 Å². The molecule has 3 aromatic heterocycles. The summed E-state index contributed by atoms with van der Waals surface area (Å²) in [6.07, 6.45) is -1.14. The van der Waals surface area contributed by atoms with Crippen LogP contribution >= 0.6 is 0 Å². The van der Waals surface area contributed by atoms with Crippen LogP contribution in [0.5, 0.6) is 0 Å². The minimum absolute atomic E-state index is 0.135. The summed E-state index contributed by atoms with van der Waals surface area (Å²) in [6, 6.07) is 10.2. The number of likely N-dealkylation sites (tertiary alicyclic amines) is 1. The Balaban J connectivity index is 1.23. The SMILES string of the molecule is CC(c1nc(-c2cccc(C(F)(F)F)c2)no1)N1CCC(c2nc(-c3ccccn3)no2)CC1. The number of pyridine rings is 1. The molecule has 1 aliphatic rings. The van der Waals surface area contributed by atoms with Gasteiger partial charge in [0.05, 0.1) is 11.6 Å². The lowest BCUT2D eigenvalue weighted by Gasteiger charge is -2.33. The van der Waals surface area contributed by atoms with Gasteiger partial charge in [-0.1, -0.05) is 28.5 Å². The summed E-state index contributed by atoms with van der Waals surface area (Å²) < 4.78 is 49.9. The third-order valence-electron chi connectivity index (χ3n) is 6.01. The van der Waals surface area contributed by atoms with E-state index in [4.69, 9.17) is 9.05 Å². The van der Waals surface area contributed by atoms with Gasteiger partial charge >= 0.3 is 6.18 Å². The van der Waals surface area contributed by atoms with Crippen molar-refractivity contribution in [3.63, 3.8) is 0 Å². The second-order valence-electron chi connectivity index (χ2n) is 8.19. The highest BCUT2D eigenvalue weighted by molar-refractivity contribution is 5.55. The molecule has 8 nitrogen and oxygen atoms in total. The van der Waals surface area contributed by atoms with E-state index >= 15 is 0 Å². The molecule has 5 rings (SSSR count). The zero-order valence-electron chi connectivity index (χ0n) is 18.2. The predicted molar refractivity (Wildman–Crippen MR) is 114 cm³/mol. The number of aromatic nitrogens is 5. The summed E-state index contributed by atoms with van der Waals surface area (Å²) in [4.78, 5) is 15.3. The van der Waals surface area contributed by atoms with Crippen LogP contribution in [0.25, 0.3) is 22.9 Å². The van der Waals surface area contributed by atoms with Crippen molar-refractivity contribution in [2.45, 2.75) is 37.9 Å². The van der Waals surface area contributed by atoms with Crippen LogP contribution in [0, 0.1) is 0 Å². The molecule has 1 aromatic carbocycles. The maximum absolute atomic E-state index is 13.0. The normalized spacial score (nSPS) is 16.6. The van der Waals surface area contributed by atoms with Gasteiger partial charge in [-0.3, -0.25) is 9.88 Å². The molecule has 0 amide bonds. The fourth-order valence-electron chi connectivity index (χ4n) is 4.05. The van der Waals surface area contributed by atoms with Crippen LogP contribution in [0.2, 0.25) is 0 Å². The Bertz CT molecular complexity index is 1250. The molecule has 1 fully saturated rings. The van der Waals surface area contributed by atoms with Crippen LogP contribution < -0.4 is 0 Å². The van der Waals surface area contributed by atoms with Gasteiger partial charge in [-0.2, -0.15) is 23.1 Å². The number of alkyl halides is 3. The highest BCUT2D eigenvalue weighted by Gasteiger charge is 2.32. The zero-order chi connectivity index (χ0) is 23.7. The molecule has 4 aromatic rings. The van der Waals surface area contributed by atoms with Crippen LogP contribution in [0.4, 0.5) is 13.2 Å². The lowest BCUT2D eigenvalue weighted by Crippen LogP contribution is -2.35. The van der Waals surface area contributed by atoms with Crippen molar-refractivity contribution in [1.29, 1.82) is 0 Å². The van der Waals surface area contributed by atoms with E-state index in [-0.39, 0.29) is 23.3 Å². The average molecular weight is 470 g/mol. The van der Waals surface area contributed by atoms with E-state index in [1.54, 1.807) is 6.20 Å². The molecule has 1 saturated heterocycles. The molecule has 0 saturated carbocycles. The van der Waals surface area contributed by atoms with Crippen LogP contribution in [0.1, 0.15) is 49.1 Å². The summed E-state index contributed by atoms with van der Waals surface area (Å²) in [5.41, 5.74) is 0.172. The van der Waals surface area contributed by atoms with E-state index in [2.05, 4.69) is 30.2 Å². The second-order valence-corrected chi connectivity index (χ2v) is 8.19. The Kier molecular flexibility index (Phi) is 5.86. The minimum atomic E-state index is -4.43. The third kappa shape index (κ3) is 4.56. The van der Waals surface area contributed by atoms with Crippen LogP contribution in [-0.2, 0) is 6.18 Å². The van der Waals surface area contributed by atoms with Gasteiger partial charge in [0.25, 0.3) is 0 Å². The van der Waals surface area contributed by atoms with Gasteiger partial charge in [0, 0.05) is 17.7 Å². The van der Waals surface area contributed by atoms with Crippen molar-refractivity contribution in [2.75, 3.05) is 13.1 Å². The van der Waals surface area contributed by atoms with Crippen molar-refractivity contribution in [2.24, 2.45) is 0 Å². The monoisotopic (exact) mass is 470 g/mol. The number of halogens is 3. The Morgan fingerprint density at radius 1 is 0.971 bits per heavy atom. The molecule has 0 aliphatic carbocycles. The molecule has 0 radical (unpaired) electrons. The minimum Gasteiger partial charge on any atom is -0.339 e. The first kappa shape index (κ1) is 22.2. The molecule has 34 heavy (non-hydrogen) atoms. The highest BCUT2D eigenvalue weighted by atomic mass is 19.4. The molecular weight excluding hydrogens is 449 g/mol. The maximum Gasteiger partial charge on any atom is 0.416 e. The fraction of sp³-hybridized carbons (Fsp3) is 0.348. The zero-order valence-corrected chi connectivity index (χ0v) is 18.2. The molecule has 0 spiro atoms. The number of hydrogen-bond donors (Lipinski definition) is 0. The van der Waals surface area contributed by atoms with Crippen molar-refractivity contribution < 1.29 is 22.2 Å². The van der Waals surface area contributed by atoms with Crippen LogP contribution in [0.3, 0.4) is 0 Å². The third-order valence-corrected chi connectivity index (χ3v) is 6.01. The number of rotatable bonds is 5. The van der Waals surface area contributed by atoms with E-state index in [9.17, 15) is 13.2 Å². The molecule has 1 aliphatic heterocycles. The molecule has 1 atom stereocenters. The Labute approximate surface area is 192 Å². The average Bonchev–Trinajstić information content (AvgIpc) is 3.55. The second kappa shape index (κ2) is 8.98. The van der Waals surface area contributed by atoms with Crippen LogP contribution in [0.15, 0.2) is 57.7 Å². The molecule has 11 heteroatoms. The summed E-state index contributed by atoms with van der Waals surface area (Å²) in [7, 11) is 0. The standard InChI is InChI=1S/C23H21F3N6O2/c1-14(21-28-19(30-33-21)16-5-4-6-17(13-16)23(24,25)26)32-11-8-15(9-12-32)22-29-20(31-34-22)18-7-2-3-10-27-18/h2-7,10,13-15H,8-9,11-12H2,1H3. The van der Waals surface area contributed by atoms with Gasteiger partial charge in [-0.15, -0.1) is 0 Å². The smallest absolute Gasteiger partial charge is 0.339 e. The largest absolute Gasteiger partial charge is 0.416 e. The van der Waals surface area contributed by atoms with Crippen LogP contribution in [-0.4, -0.2) is 43.3 Å². The lowest BCUT2D eigenvalue weighted by molar-refractivity contribution is -0.137. The fourth-order valence-corrected chi connectivity index (χ4v) is 4.05. The number of piperidine rings is 1. The number of hydrogen-bond acceptors (Lipinski definition) is 8. The van der Waals surface area contributed by atoms with Crippen molar-refractivity contribution in [1.82, 2.24) is 30.2 Å². The van der Waals surface area contributed by atoms with Crippen molar-refractivity contribution in [3.05, 3.63) is 66.0 Å². The maximum atomic E-state index is 13.0. The predicted octanol–water partition coefficient (Wildman–Crippen LogP) is 5.14. The Morgan fingerprint density at radius 2 is 1.76 bits per heavy atom. The Hall–Kier alpha value is -3.60. The first-order valence-corrected chi connectivity index (χ1v) is 10.9. The molecule has 176 valence electrons. The first-order chi connectivity index (χ1) is 16.4. The summed E-state index contributed by atoms with van der Waals surface area (Å²) in [6.45, 7) is 3.43. The van der Waals surface area contributed by atoms with Gasteiger partial charge in [0.15, 0.2) is 0 Å². The summed E-state index contributed by atoms with van der Waals surface area (Å²) in [5, 5.41) is 7.95. The van der Waals surface area contributed by atoms with E-state index in [0.717, 1.165) is 38.1 Å². The number of nitrogens with zero attached hydrogens (tertiary/aromatic N) is 6. The van der Waals surface area contributed by atoms with Gasteiger partial charge < -0.3 is 9.05 Å². The van der Waals surface area contributed by atoms with Crippen molar-refractivity contribution in [3.8, 4) is 22.9 Å². The van der Waals surface area contributed by atoms with Gasteiger partial charge in [0.1, 0.15) is 5.69 Å². The Morgan fingerprint density at radius 3 is 2.50 bits per heavy atom. The van der Waals surface area contributed by atoms with E-state index in [0.29, 0.717) is 23.3 Å². The molecule has 0 N–H and O–H groups in total. The number of benzene rings is 1.